The maximum Gasteiger partial charge on any atom is 0.240 e. The molecule has 0 aromatic heterocycles. The zero-order chi connectivity index (χ0) is 17.7. The van der Waals surface area contributed by atoms with Crippen LogP contribution in [0, 0.1) is 12.7 Å². The van der Waals surface area contributed by atoms with E-state index in [4.69, 9.17) is 9.47 Å². The molecule has 0 radical (unpaired) electrons. The van der Waals surface area contributed by atoms with E-state index < -0.39 is 21.9 Å². The zero-order valence-electron chi connectivity index (χ0n) is 13.7. The third-order valence-corrected chi connectivity index (χ3v) is 5.22. The Hall–Kier alpha value is -1.96. The largest absolute Gasteiger partial charge is 0.497 e. The van der Waals surface area contributed by atoms with Crippen LogP contribution in [0.15, 0.2) is 47.4 Å². The van der Waals surface area contributed by atoms with Crippen molar-refractivity contribution >= 4 is 10.0 Å². The number of methoxy groups -OCH3 is 2. The summed E-state index contributed by atoms with van der Waals surface area (Å²) in [5.74, 6) is 0.185. The first-order valence-corrected chi connectivity index (χ1v) is 8.78. The number of rotatable bonds is 7. The highest BCUT2D eigenvalue weighted by atomic mass is 32.2. The fourth-order valence-corrected chi connectivity index (χ4v) is 3.61. The summed E-state index contributed by atoms with van der Waals surface area (Å²) in [5, 5.41) is 0. The maximum absolute atomic E-state index is 13.3. The molecule has 0 saturated heterocycles. The molecule has 0 heterocycles. The quantitative estimate of drug-likeness (QED) is 0.831. The molecule has 2 rings (SSSR count). The van der Waals surface area contributed by atoms with Crippen LogP contribution in [0.5, 0.6) is 5.75 Å². The number of hydrogen-bond donors (Lipinski definition) is 1. The van der Waals surface area contributed by atoms with Gasteiger partial charge in [-0.2, -0.15) is 0 Å². The normalized spacial score (nSPS) is 12.8. The SMILES string of the molecule is COc1ccc(S(=O)(=O)NC[C@@H](OC)c2cccc(F)c2)c(C)c1. The van der Waals surface area contributed by atoms with Crippen LogP contribution in [0.4, 0.5) is 4.39 Å². The van der Waals surface area contributed by atoms with Crippen LogP contribution in [0.25, 0.3) is 0 Å². The van der Waals surface area contributed by atoms with E-state index in [1.807, 2.05) is 0 Å². The molecule has 0 unspecified atom stereocenters. The Morgan fingerprint density at radius 1 is 1.17 bits per heavy atom. The predicted molar refractivity (Wildman–Crippen MR) is 89.1 cm³/mol. The van der Waals surface area contributed by atoms with Crippen molar-refractivity contribution in [2.75, 3.05) is 20.8 Å². The Balaban J connectivity index is 2.17. The van der Waals surface area contributed by atoms with Crippen molar-refractivity contribution in [2.45, 2.75) is 17.9 Å². The van der Waals surface area contributed by atoms with Gasteiger partial charge in [-0.1, -0.05) is 12.1 Å². The third kappa shape index (κ3) is 4.31. The van der Waals surface area contributed by atoms with Crippen molar-refractivity contribution in [2.24, 2.45) is 0 Å². The zero-order valence-corrected chi connectivity index (χ0v) is 14.6. The predicted octanol–water partition coefficient (Wildman–Crippen LogP) is 2.81. The molecule has 1 N–H and O–H groups in total. The van der Waals surface area contributed by atoms with E-state index in [1.165, 1.54) is 32.4 Å². The summed E-state index contributed by atoms with van der Waals surface area (Å²) in [4.78, 5) is 0.164. The smallest absolute Gasteiger partial charge is 0.240 e. The molecule has 130 valence electrons. The fourth-order valence-electron chi connectivity index (χ4n) is 2.36. The molecule has 24 heavy (non-hydrogen) atoms. The van der Waals surface area contributed by atoms with Crippen LogP contribution in [-0.2, 0) is 14.8 Å². The molecular weight excluding hydrogens is 333 g/mol. The number of sulfonamides is 1. The summed E-state index contributed by atoms with van der Waals surface area (Å²) >= 11 is 0. The highest BCUT2D eigenvalue weighted by molar-refractivity contribution is 7.89. The lowest BCUT2D eigenvalue weighted by molar-refractivity contribution is 0.107. The molecular formula is C17H20FNO4S. The summed E-state index contributed by atoms with van der Waals surface area (Å²) in [7, 11) is -0.754. The number of benzene rings is 2. The Morgan fingerprint density at radius 2 is 1.92 bits per heavy atom. The van der Waals surface area contributed by atoms with Crippen molar-refractivity contribution in [3.8, 4) is 5.75 Å². The van der Waals surface area contributed by atoms with Gasteiger partial charge in [0.05, 0.1) is 18.1 Å². The first kappa shape index (κ1) is 18.4. The van der Waals surface area contributed by atoms with Crippen molar-refractivity contribution in [3.63, 3.8) is 0 Å². The van der Waals surface area contributed by atoms with Crippen LogP contribution in [0.1, 0.15) is 17.2 Å². The monoisotopic (exact) mass is 353 g/mol. The standard InChI is InChI=1S/C17H20FNO4S/c1-12-9-15(22-2)7-8-17(12)24(20,21)19-11-16(23-3)13-5-4-6-14(18)10-13/h4-10,16,19H,11H2,1-3H3/t16-/m1/s1. The van der Waals surface area contributed by atoms with Crippen molar-refractivity contribution in [3.05, 3.63) is 59.4 Å². The van der Waals surface area contributed by atoms with Gasteiger partial charge in [-0.25, -0.2) is 17.5 Å². The molecule has 2 aromatic carbocycles. The van der Waals surface area contributed by atoms with E-state index in [0.717, 1.165) is 0 Å². The molecule has 5 nitrogen and oxygen atoms in total. The van der Waals surface area contributed by atoms with E-state index in [0.29, 0.717) is 16.9 Å². The number of halogens is 1. The molecule has 0 aliphatic carbocycles. The molecule has 7 heteroatoms. The minimum atomic E-state index is -3.72. The summed E-state index contributed by atoms with van der Waals surface area (Å²) in [5.41, 5.74) is 1.13. The Morgan fingerprint density at radius 3 is 2.50 bits per heavy atom. The number of nitrogens with one attached hydrogen (secondary N) is 1. The summed E-state index contributed by atoms with van der Waals surface area (Å²) < 4.78 is 51.2. The van der Waals surface area contributed by atoms with E-state index in [9.17, 15) is 12.8 Å². The van der Waals surface area contributed by atoms with Crippen molar-refractivity contribution in [1.29, 1.82) is 0 Å². The van der Waals surface area contributed by atoms with Gasteiger partial charge in [0.1, 0.15) is 11.6 Å². The molecule has 2 aromatic rings. The van der Waals surface area contributed by atoms with E-state index in [1.54, 1.807) is 31.2 Å². The lowest BCUT2D eigenvalue weighted by Crippen LogP contribution is -2.29. The minimum Gasteiger partial charge on any atom is -0.497 e. The summed E-state index contributed by atoms with van der Waals surface area (Å²) in [6, 6.07) is 10.6. The van der Waals surface area contributed by atoms with Crippen LogP contribution >= 0.6 is 0 Å². The van der Waals surface area contributed by atoms with Gasteiger partial charge in [0.2, 0.25) is 10.0 Å². The first-order chi connectivity index (χ1) is 11.4. The van der Waals surface area contributed by atoms with E-state index in [2.05, 4.69) is 4.72 Å². The molecule has 1 atom stereocenters. The van der Waals surface area contributed by atoms with Crippen LogP contribution in [-0.4, -0.2) is 29.2 Å². The topological polar surface area (TPSA) is 64.6 Å². The highest BCUT2D eigenvalue weighted by Gasteiger charge is 2.20. The summed E-state index contributed by atoms with van der Waals surface area (Å²) in [6.45, 7) is 1.69. The fraction of sp³-hybridized carbons (Fsp3) is 0.294. The van der Waals surface area contributed by atoms with Crippen LogP contribution in [0.2, 0.25) is 0 Å². The first-order valence-electron chi connectivity index (χ1n) is 7.30. The second kappa shape index (κ2) is 7.74. The molecule has 0 saturated carbocycles. The van der Waals surface area contributed by atoms with E-state index in [-0.39, 0.29) is 11.4 Å². The molecule has 0 spiro atoms. The molecule has 0 amide bonds. The third-order valence-electron chi connectivity index (χ3n) is 3.64. The van der Waals surface area contributed by atoms with Gasteiger partial charge in [-0.3, -0.25) is 0 Å². The lowest BCUT2D eigenvalue weighted by atomic mass is 10.1. The molecule has 0 bridgehead atoms. The average molecular weight is 353 g/mol. The van der Waals surface area contributed by atoms with Gasteiger partial charge in [0, 0.05) is 13.7 Å². The Kier molecular flexibility index (Phi) is 5.93. The average Bonchev–Trinajstić information content (AvgIpc) is 2.55. The maximum atomic E-state index is 13.3. The number of hydrogen-bond acceptors (Lipinski definition) is 4. The van der Waals surface area contributed by atoms with Gasteiger partial charge in [0.25, 0.3) is 0 Å². The molecule has 0 aliphatic rings. The second-order valence-electron chi connectivity index (χ2n) is 5.26. The van der Waals surface area contributed by atoms with Gasteiger partial charge >= 0.3 is 0 Å². The van der Waals surface area contributed by atoms with Gasteiger partial charge < -0.3 is 9.47 Å². The number of ether oxygens (including phenoxy) is 2. The van der Waals surface area contributed by atoms with Crippen LogP contribution < -0.4 is 9.46 Å². The molecule has 0 fully saturated rings. The molecule has 0 aliphatic heterocycles. The van der Waals surface area contributed by atoms with Crippen molar-refractivity contribution < 1.29 is 22.3 Å². The van der Waals surface area contributed by atoms with E-state index >= 15 is 0 Å². The highest BCUT2D eigenvalue weighted by Crippen LogP contribution is 2.22. The minimum absolute atomic E-state index is 0.00619. The lowest BCUT2D eigenvalue weighted by Gasteiger charge is -2.17. The van der Waals surface area contributed by atoms with Crippen LogP contribution in [0.3, 0.4) is 0 Å². The van der Waals surface area contributed by atoms with Gasteiger partial charge in [0.15, 0.2) is 0 Å². The summed E-state index contributed by atoms with van der Waals surface area (Å²) in [6.07, 6.45) is -0.589. The number of aryl methyl sites for hydroxylation is 1. The van der Waals surface area contributed by atoms with Gasteiger partial charge in [-0.15, -0.1) is 0 Å². The van der Waals surface area contributed by atoms with Crippen molar-refractivity contribution in [1.82, 2.24) is 4.72 Å². The Bertz CT molecular complexity index is 808. The van der Waals surface area contributed by atoms with Gasteiger partial charge in [-0.05, 0) is 48.4 Å². The Labute approximate surface area is 141 Å². The second-order valence-corrected chi connectivity index (χ2v) is 7.00.